The van der Waals surface area contributed by atoms with Crippen molar-refractivity contribution >= 4 is 19.3 Å². The minimum absolute atomic E-state index is 0.0850. The SMILES string of the molecule is O=C1C=CC(C(=O)CCCc2cccc(O)c2)C(NP(=O)(O)O)=C1. The van der Waals surface area contributed by atoms with Gasteiger partial charge in [-0.05, 0) is 36.6 Å². The number of hydrogen-bond donors (Lipinski definition) is 4. The summed E-state index contributed by atoms with van der Waals surface area (Å²) in [6.07, 6.45) is 4.86. The number of hydrogen-bond acceptors (Lipinski definition) is 4. The second-order valence-corrected chi connectivity index (χ2v) is 6.80. The predicted molar refractivity (Wildman–Crippen MR) is 87.0 cm³/mol. The average Bonchev–Trinajstić information content (AvgIpc) is 2.45. The molecule has 0 aromatic heterocycles. The topological polar surface area (TPSA) is 124 Å². The quantitative estimate of drug-likeness (QED) is 0.550. The van der Waals surface area contributed by atoms with Gasteiger partial charge < -0.3 is 14.9 Å². The van der Waals surface area contributed by atoms with Gasteiger partial charge in [0.1, 0.15) is 11.5 Å². The van der Waals surface area contributed by atoms with E-state index < -0.39 is 19.4 Å². The van der Waals surface area contributed by atoms with Gasteiger partial charge in [-0.15, -0.1) is 0 Å². The predicted octanol–water partition coefficient (Wildman–Crippen LogP) is 1.61. The van der Waals surface area contributed by atoms with E-state index in [0.29, 0.717) is 12.8 Å². The summed E-state index contributed by atoms with van der Waals surface area (Å²) in [6, 6.07) is 6.73. The molecule has 0 aliphatic heterocycles. The second-order valence-electron chi connectivity index (χ2n) is 5.48. The number of aryl methyl sites for hydroxylation is 1. The number of ketones is 2. The van der Waals surface area contributed by atoms with Gasteiger partial charge in [0.2, 0.25) is 0 Å². The molecule has 1 aliphatic rings. The smallest absolute Gasteiger partial charge is 0.427 e. The van der Waals surface area contributed by atoms with Crippen molar-refractivity contribution in [3.8, 4) is 5.75 Å². The number of Topliss-reactive ketones (excluding diaryl/α,β-unsaturated/α-hetero) is 1. The maximum atomic E-state index is 12.3. The van der Waals surface area contributed by atoms with Crippen LogP contribution in [0.25, 0.3) is 0 Å². The molecule has 128 valence electrons. The van der Waals surface area contributed by atoms with Crippen molar-refractivity contribution in [1.82, 2.24) is 5.09 Å². The maximum Gasteiger partial charge on any atom is 0.427 e. The van der Waals surface area contributed by atoms with Crippen molar-refractivity contribution in [3.63, 3.8) is 0 Å². The number of phenols is 1. The third kappa shape index (κ3) is 5.45. The highest BCUT2D eigenvalue weighted by Gasteiger charge is 2.27. The zero-order chi connectivity index (χ0) is 17.7. The van der Waals surface area contributed by atoms with Crippen LogP contribution in [0.5, 0.6) is 5.75 Å². The van der Waals surface area contributed by atoms with Gasteiger partial charge in [-0.25, -0.2) is 4.57 Å². The Kier molecular flexibility index (Phi) is 5.72. The Hall–Kier alpha value is -2.21. The molecule has 0 saturated carbocycles. The third-order valence-corrected chi connectivity index (χ3v) is 4.06. The van der Waals surface area contributed by atoms with Gasteiger partial charge >= 0.3 is 7.75 Å². The summed E-state index contributed by atoms with van der Waals surface area (Å²) in [6.45, 7) is 0. The molecule has 24 heavy (non-hydrogen) atoms. The molecule has 0 fully saturated rings. The van der Waals surface area contributed by atoms with Crippen molar-refractivity contribution in [2.75, 3.05) is 0 Å². The Bertz CT molecular complexity index is 749. The van der Waals surface area contributed by atoms with Crippen LogP contribution in [0.4, 0.5) is 0 Å². The molecule has 1 aliphatic carbocycles. The minimum atomic E-state index is -4.60. The normalized spacial score (nSPS) is 17.5. The van der Waals surface area contributed by atoms with Gasteiger partial charge in [-0.2, -0.15) is 0 Å². The number of rotatable bonds is 7. The molecule has 0 bridgehead atoms. The molecule has 0 amide bonds. The summed E-state index contributed by atoms with van der Waals surface area (Å²) in [5.74, 6) is -1.40. The van der Waals surface area contributed by atoms with E-state index >= 15 is 0 Å². The first-order valence-corrected chi connectivity index (χ1v) is 8.94. The Labute approximate surface area is 138 Å². The van der Waals surface area contributed by atoms with E-state index in [9.17, 15) is 19.3 Å². The van der Waals surface area contributed by atoms with Crippen LogP contribution in [0.15, 0.2) is 48.2 Å². The van der Waals surface area contributed by atoms with Crippen LogP contribution in [0, 0.1) is 5.92 Å². The lowest BCUT2D eigenvalue weighted by atomic mass is 9.91. The highest BCUT2D eigenvalue weighted by molar-refractivity contribution is 7.49. The summed E-state index contributed by atoms with van der Waals surface area (Å²) in [5, 5.41) is 11.3. The molecule has 1 unspecified atom stereocenters. The number of phenolic OH excluding ortho intramolecular Hbond substituents is 1. The van der Waals surface area contributed by atoms with Crippen molar-refractivity contribution in [1.29, 1.82) is 0 Å². The van der Waals surface area contributed by atoms with Crippen molar-refractivity contribution in [2.24, 2.45) is 5.92 Å². The van der Waals surface area contributed by atoms with Gasteiger partial charge in [0.15, 0.2) is 5.78 Å². The number of carbonyl (C=O) groups is 2. The Morgan fingerprint density at radius 1 is 1.29 bits per heavy atom. The molecule has 0 spiro atoms. The largest absolute Gasteiger partial charge is 0.508 e. The zero-order valence-corrected chi connectivity index (χ0v) is 13.6. The van der Waals surface area contributed by atoms with E-state index in [1.165, 1.54) is 12.2 Å². The summed E-state index contributed by atoms with van der Waals surface area (Å²) < 4.78 is 11.1. The van der Waals surface area contributed by atoms with E-state index in [0.717, 1.165) is 11.6 Å². The lowest BCUT2D eigenvalue weighted by Gasteiger charge is -2.20. The number of nitrogens with one attached hydrogen (secondary N) is 1. The molecular formula is C16H18NO6P. The first-order chi connectivity index (χ1) is 11.2. The van der Waals surface area contributed by atoms with Crippen LogP contribution < -0.4 is 5.09 Å². The van der Waals surface area contributed by atoms with E-state index in [2.05, 4.69) is 0 Å². The summed E-state index contributed by atoms with van der Waals surface area (Å²) in [4.78, 5) is 41.7. The second kappa shape index (κ2) is 7.57. The Morgan fingerprint density at radius 2 is 2.04 bits per heavy atom. The van der Waals surface area contributed by atoms with Gasteiger partial charge in [0.05, 0.1) is 5.92 Å². The highest BCUT2D eigenvalue weighted by Crippen LogP contribution is 2.33. The summed E-state index contributed by atoms with van der Waals surface area (Å²) >= 11 is 0. The highest BCUT2D eigenvalue weighted by atomic mass is 31.2. The van der Waals surface area contributed by atoms with Gasteiger partial charge in [-0.1, -0.05) is 18.2 Å². The van der Waals surface area contributed by atoms with Crippen LogP contribution in [-0.4, -0.2) is 26.5 Å². The number of benzene rings is 1. The van der Waals surface area contributed by atoms with E-state index in [4.69, 9.17) is 9.79 Å². The molecular weight excluding hydrogens is 333 g/mol. The number of carbonyl (C=O) groups excluding carboxylic acids is 2. The van der Waals surface area contributed by atoms with Crippen LogP contribution >= 0.6 is 7.75 Å². The molecule has 0 radical (unpaired) electrons. The maximum absolute atomic E-state index is 12.3. The Balaban J connectivity index is 1.97. The minimum Gasteiger partial charge on any atom is -0.508 e. The molecule has 4 N–H and O–H groups in total. The first-order valence-electron chi connectivity index (χ1n) is 7.33. The molecule has 8 heteroatoms. The van der Waals surface area contributed by atoms with E-state index in [-0.39, 0.29) is 23.7 Å². The zero-order valence-electron chi connectivity index (χ0n) is 12.8. The van der Waals surface area contributed by atoms with Gasteiger partial charge in [0.25, 0.3) is 0 Å². The third-order valence-electron chi connectivity index (χ3n) is 3.51. The number of allylic oxidation sites excluding steroid dienone is 3. The fourth-order valence-corrected chi connectivity index (χ4v) is 3.01. The van der Waals surface area contributed by atoms with Crippen molar-refractivity contribution in [3.05, 3.63) is 53.8 Å². The van der Waals surface area contributed by atoms with Gasteiger partial charge in [0, 0.05) is 18.2 Å². The van der Waals surface area contributed by atoms with Crippen LogP contribution in [0.2, 0.25) is 0 Å². The van der Waals surface area contributed by atoms with Crippen LogP contribution in [-0.2, 0) is 20.6 Å². The fraction of sp³-hybridized carbons (Fsp3) is 0.250. The lowest BCUT2D eigenvalue weighted by Crippen LogP contribution is -2.26. The van der Waals surface area contributed by atoms with Crippen molar-refractivity contribution < 1.29 is 29.0 Å². The molecule has 7 nitrogen and oxygen atoms in total. The molecule has 1 aromatic carbocycles. The van der Waals surface area contributed by atoms with Crippen LogP contribution in [0.3, 0.4) is 0 Å². The van der Waals surface area contributed by atoms with Gasteiger partial charge in [-0.3, -0.25) is 14.7 Å². The van der Waals surface area contributed by atoms with Crippen LogP contribution in [0.1, 0.15) is 18.4 Å². The Morgan fingerprint density at radius 3 is 2.71 bits per heavy atom. The van der Waals surface area contributed by atoms with E-state index in [1.54, 1.807) is 18.2 Å². The molecule has 1 atom stereocenters. The molecule has 0 heterocycles. The summed E-state index contributed by atoms with van der Waals surface area (Å²) in [7, 11) is -4.60. The van der Waals surface area contributed by atoms with Crippen molar-refractivity contribution in [2.45, 2.75) is 19.3 Å². The standard InChI is InChI=1S/C16H18NO6P/c18-12-5-1-3-11(9-12)4-2-6-16(20)14-8-7-13(19)10-15(14)17-24(21,22)23/h1,3,5,7-10,14,18H,2,4,6H2,(H3,17,21,22,23). The lowest BCUT2D eigenvalue weighted by molar-refractivity contribution is -0.120. The molecule has 2 rings (SSSR count). The monoisotopic (exact) mass is 351 g/mol. The summed E-state index contributed by atoms with van der Waals surface area (Å²) in [5.41, 5.74) is 0.805. The molecule has 0 saturated heterocycles. The molecule has 1 aromatic rings. The fourth-order valence-electron chi connectivity index (χ4n) is 2.47. The van der Waals surface area contributed by atoms with E-state index in [1.807, 2.05) is 11.2 Å². The first kappa shape index (κ1) is 18.1. The average molecular weight is 351 g/mol. The number of aromatic hydroxyl groups is 1.